The van der Waals surface area contributed by atoms with Gasteiger partial charge in [-0.05, 0) is 55.0 Å². The van der Waals surface area contributed by atoms with Crippen molar-refractivity contribution >= 4 is 18.1 Å². The van der Waals surface area contributed by atoms with E-state index in [9.17, 15) is 14.0 Å². The molecule has 0 bridgehead atoms. The molecule has 8 heteroatoms. The third-order valence-corrected chi connectivity index (χ3v) is 3.32. The fourth-order valence-corrected chi connectivity index (χ4v) is 2.05. The van der Waals surface area contributed by atoms with Gasteiger partial charge in [0.15, 0.2) is 18.1 Å². The lowest BCUT2D eigenvalue weighted by Crippen LogP contribution is -2.17. The van der Waals surface area contributed by atoms with E-state index in [1.165, 1.54) is 37.6 Å². The molecule has 0 fully saturated rings. The zero-order valence-electron chi connectivity index (χ0n) is 14.9. The van der Waals surface area contributed by atoms with E-state index >= 15 is 0 Å². The molecule has 0 saturated heterocycles. The summed E-state index contributed by atoms with van der Waals surface area (Å²) in [5, 5.41) is 3.86. The van der Waals surface area contributed by atoms with Crippen LogP contribution in [0.2, 0.25) is 0 Å². The van der Waals surface area contributed by atoms with Crippen molar-refractivity contribution in [1.82, 2.24) is 5.43 Å². The van der Waals surface area contributed by atoms with E-state index in [0.29, 0.717) is 17.1 Å². The Morgan fingerprint density at radius 1 is 1.15 bits per heavy atom. The summed E-state index contributed by atoms with van der Waals surface area (Å²) in [5.74, 6) is -0.597. The first-order valence-corrected chi connectivity index (χ1v) is 8.09. The van der Waals surface area contributed by atoms with Gasteiger partial charge in [-0.2, -0.15) is 5.10 Å². The standard InChI is InChI=1S/C19H19FN2O5/c1-3-26-18(23)12-27-16-9-4-13(10-17(16)25-2)11-21-22-19(24)14-5-7-15(20)8-6-14/h4-11H,3,12H2,1-2H3,(H,22,24)/b21-11-. The van der Waals surface area contributed by atoms with E-state index in [2.05, 4.69) is 10.5 Å². The highest BCUT2D eigenvalue weighted by Gasteiger charge is 2.09. The molecule has 1 amide bonds. The van der Waals surface area contributed by atoms with Crippen LogP contribution >= 0.6 is 0 Å². The van der Waals surface area contributed by atoms with E-state index in [-0.39, 0.29) is 18.8 Å². The van der Waals surface area contributed by atoms with Gasteiger partial charge in [0.2, 0.25) is 0 Å². The van der Waals surface area contributed by atoms with Gasteiger partial charge in [-0.25, -0.2) is 14.6 Å². The SMILES string of the molecule is CCOC(=O)COc1ccc(/C=N\NC(=O)c2ccc(F)cc2)cc1OC. The number of halogens is 1. The average Bonchev–Trinajstić information content (AvgIpc) is 2.67. The van der Waals surface area contributed by atoms with Crippen LogP contribution in [0.1, 0.15) is 22.8 Å². The zero-order chi connectivity index (χ0) is 19.6. The van der Waals surface area contributed by atoms with Crippen molar-refractivity contribution in [3.63, 3.8) is 0 Å². The molecule has 0 heterocycles. The molecular formula is C19H19FN2O5. The fraction of sp³-hybridized carbons (Fsp3) is 0.211. The third kappa shape index (κ3) is 6.10. The Balaban J connectivity index is 1.97. The molecule has 0 aliphatic carbocycles. The van der Waals surface area contributed by atoms with Gasteiger partial charge in [0.05, 0.1) is 19.9 Å². The van der Waals surface area contributed by atoms with Crippen LogP contribution in [0.15, 0.2) is 47.6 Å². The quantitative estimate of drug-likeness (QED) is 0.436. The monoisotopic (exact) mass is 374 g/mol. The van der Waals surface area contributed by atoms with Crippen LogP contribution in [0.4, 0.5) is 4.39 Å². The number of carbonyl (C=O) groups is 2. The Morgan fingerprint density at radius 2 is 1.89 bits per heavy atom. The minimum absolute atomic E-state index is 0.231. The lowest BCUT2D eigenvalue weighted by molar-refractivity contribution is -0.145. The Hall–Kier alpha value is -3.42. The van der Waals surface area contributed by atoms with Gasteiger partial charge in [0.25, 0.3) is 5.91 Å². The van der Waals surface area contributed by atoms with Crippen LogP contribution in [0.3, 0.4) is 0 Å². The summed E-state index contributed by atoms with van der Waals surface area (Å²) in [6, 6.07) is 10.0. The van der Waals surface area contributed by atoms with Crippen molar-refractivity contribution in [2.24, 2.45) is 5.10 Å². The Kier molecular flexibility index (Phi) is 7.30. The number of esters is 1. The van der Waals surface area contributed by atoms with Gasteiger partial charge in [-0.15, -0.1) is 0 Å². The molecule has 0 unspecified atom stereocenters. The fourth-order valence-electron chi connectivity index (χ4n) is 2.05. The van der Waals surface area contributed by atoms with Gasteiger partial charge >= 0.3 is 5.97 Å². The molecule has 0 atom stereocenters. The summed E-state index contributed by atoms with van der Waals surface area (Å²) in [5.41, 5.74) is 3.27. The maximum Gasteiger partial charge on any atom is 0.344 e. The number of rotatable bonds is 8. The number of benzene rings is 2. The summed E-state index contributed by atoms with van der Waals surface area (Å²) in [6.07, 6.45) is 1.42. The highest BCUT2D eigenvalue weighted by molar-refractivity contribution is 5.94. The average molecular weight is 374 g/mol. The summed E-state index contributed by atoms with van der Waals surface area (Å²) in [6.45, 7) is 1.76. The number of nitrogens with zero attached hydrogens (tertiary/aromatic N) is 1. The smallest absolute Gasteiger partial charge is 0.344 e. The number of ether oxygens (including phenoxy) is 3. The Labute approximate surface area is 155 Å². The van der Waals surface area contributed by atoms with Crippen LogP contribution in [-0.2, 0) is 9.53 Å². The van der Waals surface area contributed by atoms with E-state index in [4.69, 9.17) is 14.2 Å². The van der Waals surface area contributed by atoms with Gasteiger partial charge in [-0.1, -0.05) is 0 Å². The molecule has 0 spiro atoms. The second kappa shape index (κ2) is 9.91. The van der Waals surface area contributed by atoms with Crippen LogP contribution in [-0.4, -0.2) is 38.4 Å². The molecular weight excluding hydrogens is 355 g/mol. The van der Waals surface area contributed by atoms with Crippen LogP contribution in [0.25, 0.3) is 0 Å². The van der Waals surface area contributed by atoms with E-state index in [1.54, 1.807) is 25.1 Å². The van der Waals surface area contributed by atoms with Crippen molar-refractivity contribution in [2.75, 3.05) is 20.3 Å². The number of carbonyl (C=O) groups excluding carboxylic acids is 2. The van der Waals surface area contributed by atoms with Crippen LogP contribution in [0.5, 0.6) is 11.5 Å². The number of hydrogen-bond donors (Lipinski definition) is 1. The number of hydrogen-bond acceptors (Lipinski definition) is 6. The molecule has 7 nitrogen and oxygen atoms in total. The molecule has 0 aromatic heterocycles. The van der Waals surface area contributed by atoms with Crippen molar-refractivity contribution < 1.29 is 28.2 Å². The minimum Gasteiger partial charge on any atom is -0.493 e. The van der Waals surface area contributed by atoms with Crippen molar-refractivity contribution in [3.8, 4) is 11.5 Å². The Morgan fingerprint density at radius 3 is 2.56 bits per heavy atom. The highest BCUT2D eigenvalue weighted by Crippen LogP contribution is 2.27. The Bertz CT molecular complexity index is 821. The molecule has 2 aromatic carbocycles. The van der Waals surface area contributed by atoms with Crippen LogP contribution in [0, 0.1) is 5.82 Å². The molecule has 2 rings (SSSR count). The van der Waals surface area contributed by atoms with E-state index in [0.717, 1.165) is 0 Å². The molecule has 142 valence electrons. The topological polar surface area (TPSA) is 86.2 Å². The van der Waals surface area contributed by atoms with Gasteiger partial charge in [0, 0.05) is 5.56 Å². The first-order chi connectivity index (χ1) is 13.0. The first-order valence-electron chi connectivity index (χ1n) is 8.09. The lowest BCUT2D eigenvalue weighted by Gasteiger charge is -2.10. The predicted octanol–water partition coefficient (Wildman–Crippen LogP) is 2.54. The van der Waals surface area contributed by atoms with E-state index < -0.39 is 17.7 Å². The summed E-state index contributed by atoms with van der Waals surface area (Å²) >= 11 is 0. The maximum atomic E-state index is 12.9. The molecule has 2 aromatic rings. The molecule has 1 N–H and O–H groups in total. The van der Waals surface area contributed by atoms with Crippen LogP contribution < -0.4 is 14.9 Å². The second-order valence-electron chi connectivity index (χ2n) is 5.21. The maximum absolute atomic E-state index is 12.9. The number of hydrazone groups is 1. The first kappa shape index (κ1) is 19.9. The van der Waals surface area contributed by atoms with Crippen molar-refractivity contribution in [1.29, 1.82) is 0 Å². The number of nitrogens with one attached hydrogen (secondary N) is 1. The predicted molar refractivity (Wildman–Crippen MR) is 96.6 cm³/mol. The zero-order valence-corrected chi connectivity index (χ0v) is 14.9. The molecule has 0 aliphatic rings. The lowest BCUT2D eigenvalue weighted by atomic mass is 10.2. The van der Waals surface area contributed by atoms with Crippen molar-refractivity contribution in [3.05, 3.63) is 59.4 Å². The van der Waals surface area contributed by atoms with Gasteiger partial charge in [-0.3, -0.25) is 4.79 Å². The molecule has 0 radical (unpaired) electrons. The summed E-state index contributed by atoms with van der Waals surface area (Å²) < 4.78 is 28.2. The number of methoxy groups -OCH3 is 1. The normalized spacial score (nSPS) is 10.5. The van der Waals surface area contributed by atoms with Gasteiger partial charge in [0.1, 0.15) is 5.82 Å². The van der Waals surface area contributed by atoms with Crippen molar-refractivity contribution in [2.45, 2.75) is 6.92 Å². The molecule has 27 heavy (non-hydrogen) atoms. The molecule has 0 aliphatic heterocycles. The second-order valence-corrected chi connectivity index (χ2v) is 5.21. The largest absolute Gasteiger partial charge is 0.493 e. The summed E-state index contributed by atoms with van der Waals surface area (Å²) in [4.78, 5) is 23.2. The number of amides is 1. The molecule has 0 saturated carbocycles. The van der Waals surface area contributed by atoms with E-state index in [1.807, 2.05) is 0 Å². The van der Waals surface area contributed by atoms with Gasteiger partial charge < -0.3 is 14.2 Å². The highest BCUT2D eigenvalue weighted by atomic mass is 19.1. The minimum atomic E-state index is -0.478. The summed E-state index contributed by atoms with van der Waals surface area (Å²) in [7, 11) is 1.46. The third-order valence-electron chi connectivity index (χ3n) is 3.32.